The van der Waals surface area contributed by atoms with Crippen LogP contribution in [0, 0.1) is 19.7 Å². The van der Waals surface area contributed by atoms with Crippen LogP contribution in [0.2, 0.25) is 0 Å². The maximum absolute atomic E-state index is 15.6. The van der Waals surface area contributed by atoms with Crippen LogP contribution in [0.15, 0.2) is 30.3 Å². The molecule has 1 amide bonds. The Bertz CT molecular complexity index is 1610. The molecule has 1 atom stereocenters. The SMILES string of the molecule is COc1cccc(C(=O)N2CCc3c2cc(C)c(C(OC(C)(C)C)C(=O)O)c3-c2cc(F)c3c(c2C)CCCO3)c1OC. The normalized spacial score (nSPS) is 14.9. The third-order valence-corrected chi connectivity index (χ3v) is 8.08. The molecule has 43 heavy (non-hydrogen) atoms. The number of carboxylic acid groups (broad SMARTS) is 1. The zero-order chi connectivity index (χ0) is 31.2. The number of amides is 1. The van der Waals surface area contributed by atoms with E-state index >= 15 is 4.39 Å². The molecular weight excluding hydrogens is 553 g/mol. The predicted molar refractivity (Wildman–Crippen MR) is 161 cm³/mol. The van der Waals surface area contributed by atoms with Crippen molar-refractivity contribution in [1.82, 2.24) is 0 Å². The van der Waals surface area contributed by atoms with E-state index in [1.54, 1.807) is 50.8 Å². The second-order valence-electron chi connectivity index (χ2n) is 12.0. The first-order valence-corrected chi connectivity index (χ1v) is 14.4. The highest BCUT2D eigenvalue weighted by molar-refractivity contribution is 6.10. The van der Waals surface area contributed by atoms with Crippen LogP contribution >= 0.6 is 0 Å². The van der Waals surface area contributed by atoms with E-state index in [1.165, 1.54) is 20.3 Å². The molecule has 0 radical (unpaired) electrons. The van der Waals surface area contributed by atoms with Crippen LogP contribution in [0.5, 0.6) is 17.2 Å². The number of carbonyl (C=O) groups excluding carboxylic acids is 1. The van der Waals surface area contributed by atoms with E-state index in [2.05, 4.69) is 0 Å². The summed E-state index contributed by atoms with van der Waals surface area (Å²) in [5.41, 5.74) is 4.80. The van der Waals surface area contributed by atoms with Gasteiger partial charge in [0.05, 0.1) is 32.0 Å². The molecular formula is C34H38FNO7. The molecule has 0 saturated heterocycles. The van der Waals surface area contributed by atoms with Gasteiger partial charge in [0.15, 0.2) is 29.2 Å². The Kier molecular flexibility index (Phi) is 8.13. The zero-order valence-corrected chi connectivity index (χ0v) is 25.7. The molecule has 0 fully saturated rings. The highest BCUT2D eigenvalue weighted by atomic mass is 19.1. The quantitative estimate of drug-likeness (QED) is 0.331. The maximum Gasteiger partial charge on any atom is 0.337 e. The Balaban J connectivity index is 1.77. The summed E-state index contributed by atoms with van der Waals surface area (Å²) in [6, 6.07) is 8.41. The Hall–Kier alpha value is -4.11. The van der Waals surface area contributed by atoms with Crippen molar-refractivity contribution in [2.45, 2.75) is 65.6 Å². The van der Waals surface area contributed by atoms with Crippen molar-refractivity contribution >= 4 is 17.6 Å². The van der Waals surface area contributed by atoms with Gasteiger partial charge in [-0.15, -0.1) is 0 Å². The van der Waals surface area contributed by atoms with Gasteiger partial charge in [-0.25, -0.2) is 9.18 Å². The topological polar surface area (TPSA) is 94.5 Å². The number of anilines is 1. The number of halogens is 1. The lowest BCUT2D eigenvalue weighted by Crippen LogP contribution is -2.30. The van der Waals surface area contributed by atoms with Gasteiger partial charge in [-0.3, -0.25) is 4.79 Å². The Morgan fingerprint density at radius 3 is 2.47 bits per heavy atom. The lowest BCUT2D eigenvalue weighted by molar-refractivity contribution is -0.160. The number of ether oxygens (including phenoxy) is 4. The molecule has 0 aromatic heterocycles. The Labute approximate surface area is 251 Å². The van der Waals surface area contributed by atoms with Gasteiger partial charge in [0.1, 0.15) is 0 Å². The van der Waals surface area contributed by atoms with Crippen LogP contribution in [0.25, 0.3) is 11.1 Å². The van der Waals surface area contributed by atoms with E-state index in [-0.39, 0.29) is 11.7 Å². The average Bonchev–Trinajstić information content (AvgIpc) is 3.39. The smallest absolute Gasteiger partial charge is 0.337 e. The number of benzene rings is 3. The molecule has 8 nitrogen and oxygen atoms in total. The third kappa shape index (κ3) is 5.42. The fourth-order valence-electron chi connectivity index (χ4n) is 6.26. The van der Waals surface area contributed by atoms with E-state index in [0.717, 1.165) is 23.1 Å². The van der Waals surface area contributed by atoms with Gasteiger partial charge in [0, 0.05) is 23.4 Å². The van der Waals surface area contributed by atoms with Crippen LogP contribution in [0.4, 0.5) is 10.1 Å². The number of methoxy groups -OCH3 is 2. The van der Waals surface area contributed by atoms with Crippen molar-refractivity contribution in [2.24, 2.45) is 0 Å². The number of nitrogens with zero attached hydrogens (tertiary/aromatic N) is 1. The molecule has 0 saturated carbocycles. The standard InChI is InChI=1S/C34H38FNO7/c1-18-16-25-21(13-14-36(25)32(37)22-10-8-12-26(40-6)30(22)41-7)28(27(18)31(33(38)39)43-34(3,4)5)23-17-24(35)29-20(19(23)2)11-9-15-42-29/h8,10,12,16-17,31H,9,11,13-15H2,1-7H3,(H,38,39). The van der Waals surface area contributed by atoms with Crippen molar-refractivity contribution in [3.8, 4) is 28.4 Å². The third-order valence-electron chi connectivity index (χ3n) is 8.08. The predicted octanol–water partition coefficient (Wildman–Crippen LogP) is 6.60. The van der Waals surface area contributed by atoms with Crippen molar-refractivity contribution in [1.29, 1.82) is 0 Å². The van der Waals surface area contributed by atoms with Gasteiger partial charge in [-0.1, -0.05) is 6.07 Å². The summed E-state index contributed by atoms with van der Waals surface area (Å²) in [6.45, 7) is 9.91. The molecule has 0 aliphatic carbocycles. The van der Waals surface area contributed by atoms with Crippen molar-refractivity contribution < 1.29 is 38.0 Å². The van der Waals surface area contributed by atoms with Gasteiger partial charge in [-0.05, 0) is 106 Å². The van der Waals surface area contributed by atoms with E-state index in [9.17, 15) is 14.7 Å². The largest absolute Gasteiger partial charge is 0.493 e. The lowest BCUT2D eigenvalue weighted by Gasteiger charge is -2.30. The summed E-state index contributed by atoms with van der Waals surface area (Å²) < 4.78 is 38.4. The molecule has 5 rings (SSSR count). The molecule has 2 aliphatic heterocycles. The Morgan fingerprint density at radius 2 is 1.81 bits per heavy atom. The number of fused-ring (bicyclic) bond motifs is 2. The summed E-state index contributed by atoms with van der Waals surface area (Å²) in [7, 11) is 3.00. The molecule has 2 aliphatic rings. The monoisotopic (exact) mass is 591 g/mol. The maximum atomic E-state index is 15.6. The highest BCUT2D eigenvalue weighted by Crippen LogP contribution is 2.48. The number of carboxylic acids is 1. The van der Waals surface area contributed by atoms with Gasteiger partial charge in [0.2, 0.25) is 0 Å². The summed E-state index contributed by atoms with van der Waals surface area (Å²) >= 11 is 0. The highest BCUT2D eigenvalue weighted by Gasteiger charge is 2.38. The van der Waals surface area contributed by atoms with Gasteiger partial charge in [0.25, 0.3) is 5.91 Å². The fraction of sp³-hybridized carbons (Fsp3) is 0.412. The molecule has 2 heterocycles. The van der Waals surface area contributed by atoms with E-state index in [4.69, 9.17) is 18.9 Å². The van der Waals surface area contributed by atoms with Crippen LogP contribution in [0.3, 0.4) is 0 Å². The number of aryl methyl sites for hydroxylation is 1. The molecule has 0 spiro atoms. The summed E-state index contributed by atoms with van der Waals surface area (Å²) in [5.74, 6) is -0.908. The van der Waals surface area contributed by atoms with Gasteiger partial charge in [-0.2, -0.15) is 0 Å². The van der Waals surface area contributed by atoms with Crippen LogP contribution in [-0.4, -0.2) is 50.0 Å². The zero-order valence-electron chi connectivity index (χ0n) is 25.7. The molecule has 1 unspecified atom stereocenters. The second-order valence-corrected chi connectivity index (χ2v) is 12.0. The van der Waals surface area contributed by atoms with E-state index in [0.29, 0.717) is 71.0 Å². The van der Waals surface area contributed by atoms with Crippen LogP contribution in [-0.2, 0) is 22.4 Å². The fourth-order valence-corrected chi connectivity index (χ4v) is 6.26. The second kappa shape index (κ2) is 11.5. The number of hydrogen-bond acceptors (Lipinski definition) is 6. The molecule has 1 N–H and O–H groups in total. The van der Waals surface area contributed by atoms with Crippen LogP contribution in [0.1, 0.15) is 71.5 Å². The van der Waals surface area contributed by atoms with Gasteiger partial charge >= 0.3 is 5.97 Å². The number of aliphatic carboxylic acids is 1. The average molecular weight is 592 g/mol. The first-order valence-electron chi connectivity index (χ1n) is 14.4. The lowest BCUT2D eigenvalue weighted by atomic mass is 9.83. The number of para-hydroxylation sites is 1. The first kappa shape index (κ1) is 30.4. The van der Waals surface area contributed by atoms with Gasteiger partial charge < -0.3 is 29.0 Å². The Morgan fingerprint density at radius 1 is 1.07 bits per heavy atom. The molecule has 228 valence electrons. The van der Waals surface area contributed by atoms with E-state index in [1.807, 2.05) is 13.0 Å². The van der Waals surface area contributed by atoms with E-state index < -0.39 is 23.5 Å². The molecule has 3 aromatic carbocycles. The summed E-state index contributed by atoms with van der Waals surface area (Å²) in [5, 5.41) is 10.4. The minimum atomic E-state index is -1.32. The minimum absolute atomic E-state index is 0.251. The van der Waals surface area contributed by atoms with Crippen molar-refractivity contribution in [2.75, 3.05) is 32.3 Å². The first-order chi connectivity index (χ1) is 20.4. The summed E-state index contributed by atoms with van der Waals surface area (Å²) in [4.78, 5) is 28.5. The molecule has 3 aromatic rings. The number of hydrogen-bond donors (Lipinski definition) is 1. The molecule has 0 bridgehead atoms. The van der Waals surface area contributed by atoms with Crippen LogP contribution < -0.4 is 19.1 Å². The number of carbonyl (C=O) groups is 2. The van der Waals surface area contributed by atoms with Crippen molar-refractivity contribution in [3.05, 3.63) is 69.5 Å². The minimum Gasteiger partial charge on any atom is -0.493 e. The molecule has 9 heteroatoms. The van der Waals surface area contributed by atoms with Crippen molar-refractivity contribution in [3.63, 3.8) is 0 Å². The number of rotatable bonds is 7. The summed E-state index contributed by atoms with van der Waals surface area (Å²) in [6.07, 6.45) is 0.520.